The first-order valence-corrected chi connectivity index (χ1v) is 7.87. The molecule has 4 aromatic rings. The SMILES string of the molecule is COc1ccc2c(=O)c(O)c(-c3csc4ccccc34)oc2c1. The van der Waals surface area contributed by atoms with E-state index in [0.29, 0.717) is 22.3 Å². The lowest BCUT2D eigenvalue weighted by molar-refractivity contribution is 0.413. The third kappa shape index (κ3) is 2.09. The molecule has 4 rings (SSSR count). The lowest BCUT2D eigenvalue weighted by Gasteiger charge is -2.06. The third-order valence-electron chi connectivity index (χ3n) is 3.80. The second-order valence-corrected chi connectivity index (χ2v) is 6.03. The first-order valence-electron chi connectivity index (χ1n) is 6.99. The van der Waals surface area contributed by atoms with Crippen molar-refractivity contribution in [1.82, 2.24) is 0 Å². The van der Waals surface area contributed by atoms with E-state index in [1.165, 1.54) is 11.3 Å². The summed E-state index contributed by atoms with van der Waals surface area (Å²) in [5.74, 6) is 0.409. The van der Waals surface area contributed by atoms with Gasteiger partial charge in [-0.25, -0.2) is 0 Å². The van der Waals surface area contributed by atoms with Crippen LogP contribution in [0, 0.1) is 0 Å². The Morgan fingerprint density at radius 3 is 2.78 bits per heavy atom. The normalized spacial score (nSPS) is 11.2. The molecule has 2 heterocycles. The van der Waals surface area contributed by atoms with Crippen LogP contribution in [-0.4, -0.2) is 12.2 Å². The van der Waals surface area contributed by atoms with Crippen molar-refractivity contribution in [2.75, 3.05) is 7.11 Å². The van der Waals surface area contributed by atoms with Crippen molar-refractivity contribution in [1.29, 1.82) is 0 Å². The summed E-state index contributed by atoms with van der Waals surface area (Å²) in [6.45, 7) is 0. The maximum atomic E-state index is 12.4. The van der Waals surface area contributed by atoms with Gasteiger partial charge < -0.3 is 14.3 Å². The molecule has 0 bridgehead atoms. The summed E-state index contributed by atoms with van der Waals surface area (Å²) in [7, 11) is 1.55. The molecule has 0 amide bonds. The van der Waals surface area contributed by atoms with Crippen molar-refractivity contribution in [3.8, 4) is 22.8 Å². The highest BCUT2D eigenvalue weighted by Crippen LogP contribution is 2.38. The Balaban J connectivity index is 2.07. The van der Waals surface area contributed by atoms with Gasteiger partial charge in [-0.05, 0) is 18.2 Å². The number of thiophene rings is 1. The zero-order valence-electron chi connectivity index (χ0n) is 12.2. The Bertz CT molecular complexity index is 1090. The van der Waals surface area contributed by atoms with Crippen LogP contribution in [0.15, 0.2) is 57.1 Å². The predicted octanol–water partition coefficient (Wildman–Crippen LogP) is 4.39. The van der Waals surface area contributed by atoms with Gasteiger partial charge in [-0.3, -0.25) is 4.79 Å². The lowest BCUT2D eigenvalue weighted by atomic mass is 10.1. The minimum Gasteiger partial charge on any atom is -0.502 e. The van der Waals surface area contributed by atoms with Gasteiger partial charge in [0, 0.05) is 27.1 Å². The fourth-order valence-corrected chi connectivity index (χ4v) is 3.57. The van der Waals surface area contributed by atoms with Crippen molar-refractivity contribution in [2.45, 2.75) is 0 Å². The molecule has 0 spiro atoms. The first-order chi connectivity index (χ1) is 11.2. The second kappa shape index (κ2) is 5.14. The molecule has 0 aliphatic heterocycles. The Morgan fingerprint density at radius 1 is 1.13 bits per heavy atom. The van der Waals surface area contributed by atoms with Crippen molar-refractivity contribution in [2.24, 2.45) is 0 Å². The molecule has 1 N–H and O–H groups in total. The second-order valence-electron chi connectivity index (χ2n) is 5.12. The van der Waals surface area contributed by atoms with Crippen LogP contribution in [0.1, 0.15) is 0 Å². The van der Waals surface area contributed by atoms with Crippen LogP contribution >= 0.6 is 11.3 Å². The van der Waals surface area contributed by atoms with Gasteiger partial charge in [-0.15, -0.1) is 11.3 Å². The number of hydrogen-bond acceptors (Lipinski definition) is 5. The summed E-state index contributed by atoms with van der Waals surface area (Å²) in [5, 5.41) is 13.5. The number of aromatic hydroxyl groups is 1. The average Bonchev–Trinajstić information content (AvgIpc) is 3.01. The topological polar surface area (TPSA) is 59.7 Å². The van der Waals surface area contributed by atoms with Gasteiger partial charge in [0.15, 0.2) is 5.76 Å². The maximum Gasteiger partial charge on any atom is 0.235 e. The van der Waals surface area contributed by atoms with E-state index in [9.17, 15) is 9.90 Å². The molecule has 0 saturated heterocycles. The molecule has 5 heteroatoms. The standard InChI is InChI=1S/C18H12O4S/c1-21-10-6-7-12-14(8-10)22-18(17(20)16(12)19)13-9-23-15-5-3-2-4-11(13)15/h2-9,20H,1H3. The van der Waals surface area contributed by atoms with Gasteiger partial charge in [0.2, 0.25) is 11.2 Å². The highest BCUT2D eigenvalue weighted by atomic mass is 32.1. The number of hydrogen-bond donors (Lipinski definition) is 1. The molecule has 0 fully saturated rings. The van der Waals surface area contributed by atoms with Gasteiger partial charge in [0.05, 0.1) is 12.5 Å². The molecule has 0 unspecified atom stereocenters. The summed E-state index contributed by atoms with van der Waals surface area (Å²) in [6, 6.07) is 12.7. The lowest BCUT2D eigenvalue weighted by Crippen LogP contribution is -2.02. The molecule has 0 saturated carbocycles. The largest absolute Gasteiger partial charge is 0.502 e. The zero-order valence-corrected chi connectivity index (χ0v) is 13.0. The van der Waals surface area contributed by atoms with Crippen molar-refractivity contribution in [3.05, 3.63) is 58.1 Å². The number of rotatable bonds is 2. The average molecular weight is 324 g/mol. The van der Waals surface area contributed by atoms with E-state index < -0.39 is 5.43 Å². The van der Waals surface area contributed by atoms with Gasteiger partial charge in [0.25, 0.3) is 0 Å². The molecule has 2 aromatic carbocycles. The van der Waals surface area contributed by atoms with Crippen LogP contribution in [0.4, 0.5) is 0 Å². The number of ether oxygens (including phenoxy) is 1. The van der Waals surface area contributed by atoms with E-state index in [4.69, 9.17) is 9.15 Å². The maximum absolute atomic E-state index is 12.4. The number of fused-ring (bicyclic) bond motifs is 2. The Kier molecular flexibility index (Phi) is 3.09. The predicted molar refractivity (Wildman–Crippen MR) is 91.5 cm³/mol. The summed E-state index contributed by atoms with van der Waals surface area (Å²) >= 11 is 1.54. The number of benzene rings is 2. The third-order valence-corrected chi connectivity index (χ3v) is 4.76. The molecular weight excluding hydrogens is 312 g/mol. The molecular formula is C18H12O4S. The van der Waals surface area contributed by atoms with Crippen molar-refractivity contribution >= 4 is 32.4 Å². The molecule has 23 heavy (non-hydrogen) atoms. The Hall–Kier alpha value is -2.79. The van der Waals surface area contributed by atoms with Crippen molar-refractivity contribution < 1.29 is 14.3 Å². The van der Waals surface area contributed by atoms with Crippen LogP contribution in [0.3, 0.4) is 0 Å². The molecule has 2 aromatic heterocycles. The van der Waals surface area contributed by atoms with E-state index >= 15 is 0 Å². The van der Waals surface area contributed by atoms with E-state index in [1.807, 2.05) is 29.6 Å². The van der Waals surface area contributed by atoms with Gasteiger partial charge >= 0.3 is 0 Å². The van der Waals surface area contributed by atoms with Crippen LogP contribution in [0.25, 0.3) is 32.4 Å². The first kappa shape index (κ1) is 13.8. The highest BCUT2D eigenvalue weighted by Gasteiger charge is 2.18. The molecule has 0 aliphatic carbocycles. The minimum atomic E-state index is -0.445. The Labute approximate surface area is 135 Å². The van der Waals surface area contributed by atoms with Crippen molar-refractivity contribution in [3.63, 3.8) is 0 Å². The molecule has 114 valence electrons. The zero-order chi connectivity index (χ0) is 16.0. The van der Waals surface area contributed by atoms with Gasteiger partial charge in [0.1, 0.15) is 11.3 Å². The smallest absolute Gasteiger partial charge is 0.235 e. The fourth-order valence-electron chi connectivity index (χ4n) is 2.63. The van der Waals surface area contributed by atoms with E-state index in [-0.39, 0.29) is 11.5 Å². The summed E-state index contributed by atoms with van der Waals surface area (Å²) < 4.78 is 12.1. The quantitative estimate of drug-likeness (QED) is 0.594. The van der Waals surface area contributed by atoms with E-state index in [2.05, 4.69) is 0 Å². The summed E-state index contributed by atoms with van der Waals surface area (Å²) in [5.41, 5.74) is 0.654. The summed E-state index contributed by atoms with van der Waals surface area (Å²) in [4.78, 5) is 12.4. The summed E-state index contributed by atoms with van der Waals surface area (Å²) in [6.07, 6.45) is 0. The molecule has 0 aliphatic rings. The van der Waals surface area contributed by atoms with Crippen LogP contribution in [-0.2, 0) is 0 Å². The van der Waals surface area contributed by atoms with Crippen LogP contribution < -0.4 is 10.2 Å². The Morgan fingerprint density at radius 2 is 1.96 bits per heavy atom. The van der Waals surface area contributed by atoms with Crippen LogP contribution in [0.5, 0.6) is 11.5 Å². The van der Waals surface area contributed by atoms with Crippen LogP contribution in [0.2, 0.25) is 0 Å². The van der Waals surface area contributed by atoms with Gasteiger partial charge in [-0.1, -0.05) is 18.2 Å². The van der Waals surface area contributed by atoms with E-state index in [1.54, 1.807) is 25.3 Å². The van der Waals surface area contributed by atoms with Gasteiger partial charge in [-0.2, -0.15) is 0 Å². The number of methoxy groups -OCH3 is 1. The highest BCUT2D eigenvalue weighted by molar-refractivity contribution is 7.17. The monoisotopic (exact) mass is 324 g/mol. The molecule has 4 nitrogen and oxygen atoms in total. The molecule has 0 atom stereocenters. The fraction of sp³-hybridized carbons (Fsp3) is 0.0556. The molecule has 0 radical (unpaired) electrons. The minimum absolute atomic E-state index is 0.188. The van der Waals surface area contributed by atoms with E-state index in [0.717, 1.165) is 10.1 Å².